The molecule has 0 spiro atoms. The molecule has 1 saturated heterocycles. The zero-order valence-electron chi connectivity index (χ0n) is 19.7. The van der Waals surface area contributed by atoms with Crippen molar-refractivity contribution in [1.82, 2.24) is 14.4 Å². The molecule has 0 unspecified atom stereocenters. The summed E-state index contributed by atoms with van der Waals surface area (Å²) in [6.07, 6.45) is 0.144. The number of benzene rings is 2. The first-order chi connectivity index (χ1) is 15.8. The molecular formula is C25H32N4O4. The van der Waals surface area contributed by atoms with Crippen molar-refractivity contribution in [3.63, 3.8) is 0 Å². The lowest BCUT2D eigenvalue weighted by molar-refractivity contribution is -0.118. The quantitative estimate of drug-likeness (QED) is 0.592. The highest BCUT2D eigenvalue weighted by Crippen LogP contribution is 2.26. The normalized spacial score (nSPS) is 17.5. The van der Waals surface area contributed by atoms with Crippen molar-refractivity contribution < 1.29 is 13.9 Å². The van der Waals surface area contributed by atoms with Gasteiger partial charge in [-0.2, -0.15) is 0 Å². The lowest BCUT2D eigenvalue weighted by Crippen LogP contribution is -2.48. The first kappa shape index (κ1) is 23.1. The van der Waals surface area contributed by atoms with Crippen LogP contribution in [-0.4, -0.2) is 59.6 Å². The van der Waals surface area contributed by atoms with Crippen molar-refractivity contribution in [2.45, 2.75) is 39.5 Å². The van der Waals surface area contributed by atoms with E-state index >= 15 is 0 Å². The molecule has 1 fully saturated rings. The van der Waals surface area contributed by atoms with Crippen molar-refractivity contribution in [2.24, 2.45) is 0 Å². The zero-order valence-corrected chi connectivity index (χ0v) is 19.7. The maximum atomic E-state index is 12.7. The number of anilines is 1. The number of fused-ring (bicyclic) bond motifs is 1. The van der Waals surface area contributed by atoms with Crippen molar-refractivity contribution >= 4 is 22.7 Å². The summed E-state index contributed by atoms with van der Waals surface area (Å²) in [7, 11) is 2.12. The van der Waals surface area contributed by atoms with Gasteiger partial charge < -0.3 is 14.5 Å². The van der Waals surface area contributed by atoms with Gasteiger partial charge in [0.15, 0.2) is 5.58 Å². The minimum Gasteiger partial charge on any atom is -0.491 e. The number of aromatic nitrogens is 1. The van der Waals surface area contributed by atoms with E-state index in [4.69, 9.17) is 9.15 Å². The number of oxazole rings is 1. The molecule has 1 aliphatic heterocycles. The Morgan fingerprint density at radius 2 is 1.94 bits per heavy atom. The van der Waals surface area contributed by atoms with Crippen molar-refractivity contribution in [3.05, 3.63) is 58.6 Å². The van der Waals surface area contributed by atoms with Gasteiger partial charge in [-0.25, -0.2) is 4.79 Å². The maximum Gasteiger partial charge on any atom is 0.419 e. The van der Waals surface area contributed by atoms with Crippen LogP contribution in [0, 0.1) is 0 Å². The molecule has 176 valence electrons. The van der Waals surface area contributed by atoms with E-state index in [-0.39, 0.29) is 23.8 Å². The first-order valence-electron chi connectivity index (χ1n) is 11.5. The SMILES string of the molecule is CCn1c(=O)oc2cc(NC(=O)CN3CCN(C)[C@H](c4ccc(OC(C)C)cc4)C3)ccc21. The number of nitrogens with one attached hydrogen (secondary N) is 1. The predicted octanol–water partition coefficient (Wildman–Crippen LogP) is 3.33. The fourth-order valence-corrected chi connectivity index (χ4v) is 4.32. The number of carbonyl (C=O) groups excluding carboxylic acids is 1. The van der Waals surface area contributed by atoms with E-state index in [1.165, 1.54) is 5.56 Å². The number of hydrogen-bond acceptors (Lipinski definition) is 6. The van der Waals surface area contributed by atoms with E-state index in [2.05, 4.69) is 34.3 Å². The van der Waals surface area contributed by atoms with Crippen LogP contribution < -0.4 is 15.8 Å². The smallest absolute Gasteiger partial charge is 0.419 e. The molecule has 3 aromatic rings. The van der Waals surface area contributed by atoms with Crippen LogP contribution in [0.5, 0.6) is 5.75 Å². The van der Waals surface area contributed by atoms with Gasteiger partial charge in [0.25, 0.3) is 0 Å². The van der Waals surface area contributed by atoms with Crippen LogP contribution in [0.4, 0.5) is 5.69 Å². The summed E-state index contributed by atoms with van der Waals surface area (Å²) >= 11 is 0. The van der Waals surface area contributed by atoms with Gasteiger partial charge in [0.2, 0.25) is 5.91 Å². The summed E-state index contributed by atoms with van der Waals surface area (Å²) in [4.78, 5) is 29.1. The molecule has 4 rings (SSSR count). The Morgan fingerprint density at radius 1 is 1.18 bits per heavy atom. The Kier molecular flexibility index (Phi) is 6.85. The maximum absolute atomic E-state index is 12.7. The largest absolute Gasteiger partial charge is 0.491 e. The van der Waals surface area contributed by atoms with E-state index < -0.39 is 0 Å². The van der Waals surface area contributed by atoms with Gasteiger partial charge >= 0.3 is 5.76 Å². The third-order valence-corrected chi connectivity index (χ3v) is 6.00. The Hall–Kier alpha value is -3.10. The van der Waals surface area contributed by atoms with Crippen LogP contribution in [-0.2, 0) is 11.3 Å². The Balaban J connectivity index is 1.39. The molecular weight excluding hydrogens is 420 g/mol. The molecule has 2 aromatic carbocycles. The van der Waals surface area contributed by atoms with Gasteiger partial charge in [-0.1, -0.05) is 12.1 Å². The third kappa shape index (κ3) is 5.29. The minimum absolute atomic E-state index is 0.0874. The fraction of sp³-hybridized carbons (Fsp3) is 0.440. The van der Waals surface area contributed by atoms with Gasteiger partial charge in [-0.3, -0.25) is 19.2 Å². The molecule has 2 heterocycles. The average molecular weight is 453 g/mol. The predicted molar refractivity (Wildman–Crippen MR) is 129 cm³/mol. The number of likely N-dealkylation sites (N-methyl/N-ethyl adjacent to an activating group) is 1. The molecule has 33 heavy (non-hydrogen) atoms. The lowest BCUT2D eigenvalue weighted by atomic mass is 10.0. The number of amides is 1. The van der Waals surface area contributed by atoms with Crippen LogP contribution in [0.2, 0.25) is 0 Å². The third-order valence-electron chi connectivity index (χ3n) is 6.00. The van der Waals surface area contributed by atoms with Crippen LogP contribution in [0.3, 0.4) is 0 Å². The molecule has 8 nitrogen and oxygen atoms in total. The van der Waals surface area contributed by atoms with Crippen molar-refractivity contribution in [2.75, 3.05) is 38.5 Å². The van der Waals surface area contributed by atoms with Crippen LogP contribution in [0.25, 0.3) is 11.1 Å². The Morgan fingerprint density at radius 3 is 2.64 bits per heavy atom. The number of carbonyl (C=O) groups is 1. The fourth-order valence-electron chi connectivity index (χ4n) is 4.32. The van der Waals surface area contributed by atoms with Crippen LogP contribution >= 0.6 is 0 Å². The number of piperazine rings is 1. The highest BCUT2D eigenvalue weighted by Gasteiger charge is 2.27. The van der Waals surface area contributed by atoms with Gasteiger partial charge in [0, 0.05) is 44.0 Å². The second kappa shape index (κ2) is 9.80. The van der Waals surface area contributed by atoms with Gasteiger partial charge in [0.05, 0.1) is 18.2 Å². The van der Waals surface area contributed by atoms with E-state index in [9.17, 15) is 9.59 Å². The van der Waals surface area contributed by atoms with E-state index in [0.29, 0.717) is 24.4 Å². The van der Waals surface area contributed by atoms with E-state index in [0.717, 1.165) is 30.9 Å². The Bertz CT molecular complexity index is 1170. The number of hydrogen-bond donors (Lipinski definition) is 1. The molecule has 0 radical (unpaired) electrons. The highest BCUT2D eigenvalue weighted by atomic mass is 16.5. The summed E-state index contributed by atoms with van der Waals surface area (Å²) in [5, 5.41) is 2.94. The molecule has 8 heteroatoms. The zero-order chi connectivity index (χ0) is 23.5. The summed E-state index contributed by atoms with van der Waals surface area (Å²) < 4.78 is 12.6. The topological polar surface area (TPSA) is 80.0 Å². The highest BCUT2D eigenvalue weighted by molar-refractivity contribution is 5.94. The molecule has 1 N–H and O–H groups in total. The number of ether oxygens (including phenoxy) is 1. The summed E-state index contributed by atoms with van der Waals surface area (Å²) in [6, 6.07) is 13.7. The molecule has 1 amide bonds. The van der Waals surface area contributed by atoms with Gasteiger partial charge in [-0.05, 0) is 57.6 Å². The molecule has 0 bridgehead atoms. The van der Waals surface area contributed by atoms with Crippen LogP contribution in [0.15, 0.2) is 51.7 Å². The van der Waals surface area contributed by atoms with E-state index in [1.54, 1.807) is 22.8 Å². The molecule has 1 aromatic heterocycles. The van der Waals surface area contributed by atoms with Crippen LogP contribution in [0.1, 0.15) is 32.4 Å². The number of rotatable bonds is 7. The van der Waals surface area contributed by atoms with Gasteiger partial charge in [-0.15, -0.1) is 0 Å². The monoisotopic (exact) mass is 452 g/mol. The summed E-state index contributed by atoms with van der Waals surface area (Å²) in [5.74, 6) is 0.393. The molecule has 1 aliphatic rings. The number of aryl methyl sites for hydroxylation is 1. The average Bonchev–Trinajstić information content (AvgIpc) is 3.09. The summed E-state index contributed by atoms with van der Waals surface area (Å²) in [5.41, 5.74) is 3.03. The van der Waals surface area contributed by atoms with E-state index in [1.807, 2.05) is 32.9 Å². The first-order valence-corrected chi connectivity index (χ1v) is 11.5. The Labute approximate surface area is 193 Å². The standard InChI is InChI=1S/C25H32N4O4/c1-5-29-21-11-8-19(14-23(21)33-25(29)31)26-24(30)16-28-13-12-27(4)22(15-28)18-6-9-20(10-7-18)32-17(2)3/h6-11,14,17,22H,5,12-13,15-16H2,1-4H3,(H,26,30)/t22-/m0/s1. The lowest BCUT2D eigenvalue weighted by Gasteiger charge is -2.39. The molecule has 0 saturated carbocycles. The van der Waals surface area contributed by atoms with Gasteiger partial charge in [0.1, 0.15) is 5.75 Å². The second-order valence-corrected chi connectivity index (χ2v) is 8.81. The van der Waals surface area contributed by atoms with Crippen molar-refractivity contribution in [3.8, 4) is 5.75 Å². The second-order valence-electron chi connectivity index (χ2n) is 8.81. The number of nitrogens with zero attached hydrogens (tertiary/aromatic N) is 3. The summed E-state index contributed by atoms with van der Waals surface area (Å²) in [6.45, 7) is 9.23. The minimum atomic E-state index is -0.386. The van der Waals surface area contributed by atoms with Crippen molar-refractivity contribution in [1.29, 1.82) is 0 Å². The molecule has 0 aliphatic carbocycles. The molecule has 1 atom stereocenters.